The normalized spacial score (nSPS) is 15.6. The minimum atomic E-state index is -0.417. The maximum absolute atomic E-state index is 12.1. The predicted molar refractivity (Wildman–Crippen MR) is 76.2 cm³/mol. The highest BCUT2D eigenvalue weighted by Gasteiger charge is 2.22. The number of aromatic nitrogens is 1. The summed E-state index contributed by atoms with van der Waals surface area (Å²) in [5.41, 5.74) is 0.759. The van der Waals surface area contributed by atoms with E-state index < -0.39 is 11.5 Å². The third kappa shape index (κ3) is 2.98. The van der Waals surface area contributed by atoms with Crippen molar-refractivity contribution in [3.63, 3.8) is 0 Å². The predicted octanol–water partition coefficient (Wildman–Crippen LogP) is 1.81. The van der Waals surface area contributed by atoms with Crippen molar-refractivity contribution in [3.05, 3.63) is 33.2 Å². The number of ketones is 1. The molecule has 0 radical (unpaired) electrons. The Morgan fingerprint density at radius 3 is 2.85 bits per heavy atom. The molecule has 1 aromatic heterocycles. The smallest absolute Gasteiger partial charge is 0.261 e. The van der Waals surface area contributed by atoms with E-state index in [0.29, 0.717) is 24.1 Å². The third-order valence-corrected chi connectivity index (χ3v) is 3.60. The second-order valence-corrected chi connectivity index (χ2v) is 5.34. The van der Waals surface area contributed by atoms with E-state index in [2.05, 4.69) is 10.3 Å². The van der Waals surface area contributed by atoms with Gasteiger partial charge in [-0.2, -0.15) is 0 Å². The first-order valence-electron chi connectivity index (χ1n) is 7.13. The molecule has 108 valence electrons. The molecule has 0 spiro atoms. The summed E-state index contributed by atoms with van der Waals surface area (Å²) in [6.07, 6.45) is 3.73. The van der Waals surface area contributed by atoms with Gasteiger partial charge < -0.3 is 10.3 Å². The van der Waals surface area contributed by atoms with Gasteiger partial charge >= 0.3 is 0 Å². The molecule has 20 heavy (non-hydrogen) atoms. The van der Waals surface area contributed by atoms with E-state index in [1.807, 2.05) is 13.8 Å². The van der Waals surface area contributed by atoms with Crippen molar-refractivity contribution in [1.82, 2.24) is 10.3 Å². The fourth-order valence-corrected chi connectivity index (χ4v) is 2.55. The zero-order valence-electron chi connectivity index (χ0n) is 11.9. The summed E-state index contributed by atoms with van der Waals surface area (Å²) in [5, 5.41) is 2.79. The number of hydrogen-bond donors (Lipinski definition) is 2. The van der Waals surface area contributed by atoms with Crippen molar-refractivity contribution in [2.45, 2.75) is 52.0 Å². The molecule has 0 fully saturated rings. The first-order valence-corrected chi connectivity index (χ1v) is 7.13. The molecule has 5 heteroatoms. The van der Waals surface area contributed by atoms with Crippen LogP contribution in [0.15, 0.2) is 10.9 Å². The lowest BCUT2D eigenvalue weighted by Crippen LogP contribution is -2.36. The topological polar surface area (TPSA) is 79.0 Å². The largest absolute Gasteiger partial charge is 0.349 e. The third-order valence-electron chi connectivity index (χ3n) is 3.60. The quantitative estimate of drug-likeness (QED) is 0.880. The van der Waals surface area contributed by atoms with Crippen LogP contribution >= 0.6 is 0 Å². The number of amides is 1. The number of pyridine rings is 1. The number of carbonyl (C=O) groups is 2. The van der Waals surface area contributed by atoms with Gasteiger partial charge in [-0.25, -0.2) is 0 Å². The lowest BCUT2D eigenvalue weighted by atomic mass is 9.93. The average molecular weight is 276 g/mol. The minimum Gasteiger partial charge on any atom is -0.349 e. The summed E-state index contributed by atoms with van der Waals surface area (Å²) in [4.78, 5) is 38.6. The molecule has 2 N–H and O–H groups in total. The van der Waals surface area contributed by atoms with Crippen molar-refractivity contribution >= 4 is 11.7 Å². The first kappa shape index (κ1) is 14.5. The van der Waals surface area contributed by atoms with Crippen molar-refractivity contribution in [1.29, 1.82) is 0 Å². The number of fused-ring (bicyclic) bond motifs is 1. The van der Waals surface area contributed by atoms with Crippen LogP contribution in [0, 0.1) is 0 Å². The van der Waals surface area contributed by atoms with Crippen LogP contribution in [0.2, 0.25) is 0 Å². The molecule has 1 amide bonds. The Labute approximate surface area is 117 Å². The molecule has 1 atom stereocenters. The Morgan fingerprint density at radius 2 is 2.15 bits per heavy atom. The number of Topliss-reactive ketones (excluding diaryl/α,β-unsaturated/α-hetero) is 1. The molecule has 1 heterocycles. The van der Waals surface area contributed by atoms with Gasteiger partial charge in [0.1, 0.15) is 5.56 Å². The van der Waals surface area contributed by atoms with E-state index in [9.17, 15) is 14.4 Å². The number of H-pyrrole nitrogens is 1. The van der Waals surface area contributed by atoms with E-state index in [4.69, 9.17) is 0 Å². The van der Waals surface area contributed by atoms with Gasteiger partial charge in [0.15, 0.2) is 5.78 Å². The van der Waals surface area contributed by atoms with E-state index in [1.165, 1.54) is 6.07 Å². The van der Waals surface area contributed by atoms with E-state index >= 15 is 0 Å². The van der Waals surface area contributed by atoms with Crippen LogP contribution in [-0.2, 0) is 6.42 Å². The maximum atomic E-state index is 12.1. The second kappa shape index (κ2) is 6.03. The van der Waals surface area contributed by atoms with Gasteiger partial charge in [0.25, 0.3) is 11.5 Å². The maximum Gasteiger partial charge on any atom is 0.261 e. The van der Waals surface area contributed by atoms with Crippen LogP contribution in [0.1, 0.15) is 65.9 Å². The van der Waals surface area contributed by atoms with Gasteiger partial charge in [0, 0.05) is 23.7 Å². The molecule has 0 aliphatic heterocycles. The van der Waals surface area contributed by atoms with Gasteiger partial charge in [-0.15, -0.1) is 0 Å². The highest BCUT2D eigenvalue weighted by Crippen LogP contribution is 2.18. The number of aryl methyl sites for hydroxylation is 1. The second-order valence-electron chi connectivity index (χ2n) is 5.34. The highest BCUT2D eigenvalue weighted by molar-refractivity contribution is 6.01. The Bertz CT molecular complexity index is 589. The van der Waals surface area contributed by atoms with Crippen LogP contribution in [-0.4, -0.2) is 22.7 Å². The average Bonchev–Trinajstić information content (AvgIpc) is 2.38. The SMILES string of the molecule is CCCC(C)NC(=O)c1cc2c([nH]c1=O)CCCC2=O. The molecule has 0 saturated carbocycles. The zero-order valence-corrected chi connectivity index (χ0v) is 11.9. The summed E-state index contributed by atoms with van der Waals surface area (Å²) in [6, 6.07) is 1.46. The molecular weight excluding hydrogens is 256 g/mol. The number of hydrogen-bond acceptors (Lipinski definition) is 3. The van der Waals surface area contributed by atoms with E-state index in [0.717, 1.165) is 19.3 Å². The summed E-state index contributed by atoms with van der Waals surface area (Å²) < 4.78 is 0. The Balaban J connectivity index is 2.28. The molecular formula is C15H20N2O3. The molecule has 2 rings (SSSR count). The summed E-state index contributed by atoms with van der Waals surface area (Å²) in [7, 11) is 0. The Hall–Kier alpha value is -1.91. The number of aromatic amines is 1. The van der Waals surface area contributed by atoms with Gasteiger partial charge in [0.05, 0.1) is 0 Å². The lowest BCUT2D eigenvalue weighted by Gasteiger charge is -2.16. The molecule has 0 bridgehead atoms. The molecule has 1 aliphatic carbocycles. The zero-order chi connectivity index (χ0) is 14.7. The number of carbonyl (C=O) groups excluding carboxylic acids is 2. The molecule has 1 aromatic rings. The van der Waals surface area contributed by atoms with Crippen molar-refractivity contribution < 1.29 is 9.59 Å². The Kier molecular flexibility index (Phi) is 4.37. The summed E-state index contributed by atoms with van der Waals surface area (Å²) in [5.74, 6) is -0.411. The van der Waals surface area contributed by atoms with E-state index in [1.54, 1.807) is 0 Å². The van der Waals surface area contributed by atoms with Crippen LogP contribution in [0.25, 0.3) is 0 Å². The molecule has 1 unspecified atom stereocenters. The minimum absolute atomic E-state index is 0.00171. The number of nitrogens with one attached hydrogen (secondary N) is 2. The standard InChI is InChI=1S/C15H20N2O3/c1-3-5-9(2)16-14(19)11-8-10-12(17-15(11)20)6-4-7-13(10)18/h8-9H,3-7H2,1-2H3,(H,16,19)(H,17,20). The molecule has 5 nitrogen and oxygen atoms in total. The van der Waals surface area contributed by atoms with Crippen LogP contribution < -0.4 is 10.9 Å². The van der Waals surface area contributed by atoms with Gasteiger partial charge in [0.2, 0.25) is 0 Å². The fraction of sp³-hybridized carbons (Fsp3) is 0.533. The van der Waals surface area contributed by atoms with Crippen molar-refractivity contribution in [3.8, 4) is 0 Å². The number of rotatable bonds is 4. The first-order chi connectivity index (χ1) is 9.52. The van der Waals surface area contributed by atoms with Gasteiger partial charge in [-0.3, -0.25) is 14.4 Å². The summed E-state index contributed by atoms with van der Waals surface area (Å²) in [6.45, 7) is 3.94. The van der Waals surface area contributed by atoms with Crippen LogP contribution in [0.5, 0.6) is 0 Å². The fourth-order valence-electron chi connectivity index (χ4n) is 2.55. The highest BCUT2D eigenvalue weighted by atomic mass is 16.2. The summed E-state index contributed by atoms with van der Waals surface area (Å²) >= 11 is 0. The molecule has 0 aromatic carbocycles. The van der Waals surface area contributed by atoms with Crippen molar-refractivity contribution in [2.24, 2.45) is 0 Å². The van der Waals surface area contributed by atoms with Gasteiger partial charge in [-0.05, 0) is 32.3 Å². The monoisotopic (exact) mass is 276 g/mol. The Morgan fingerprint density at radius 1 is 1.40 bits per heavy atom. The van der Waals surface area contributed by atoms with Crippen LogP contribution in [0.3, 0.4) is 0 Å². The lowest BCUT2D eigenvalue weighted by molar-refractivity contribution is 0.0936. The molecule has 0 saturated heterocycles. The van der Waals surface area contributed by atoms with Crippen molar-refractivity contribution in [2.75, 3.05) is 0 Å². The van der Waals surface area contributed by atoms with Gasteiger partial charge in [-0.1, -0.05) is 13.3 Å². The van der Waals surface area contributed by atoms with E-state index in [-0.39, 0.29) is 17.4 Å². The van der Waals surface area contributed by atoms with Crippen LogP contribution in [0.4, 0.5) is 0 Å². The molecule has 1 aliphatic rings.